The third-order valence-electron chi connectivity index (χ3n) is 6.44. The summed E-state index contributed by atoms with van der Waals surface area (Å²) in [7, 11) is 0. The number of carboxylic acid groups (broad SMARTS) is 1. The molecule has 0 radical (unpaired) electrons. The first kappa shape index (κ1) is 36.5. The Morgan fingerprint density at radius 3 is 1.90 bits per heavy atom. The summed E-state index contributed by atoms with van der Waals surface area (Å²) in [6.45, 7) is 11.1. The number of benzene rings is 1. The molecule has 0 heterocycles. The van der Waals surface area contributed by atoms with Gasteiger partial charge in [0.25, 0.3) is 0 Å². The van der Waals surface area contributed by atoms with E-state index in [0.29, 0.717) is 24.8 Å². The van der Waals surface area contributed by atoms with Crippen LogP contribution in [0, 0.1) is 0 Å². The average Bonchev–Trinajstić information content (AvgIpc) is 2.90. The van der Waals surface area contributed by atoms with Crippen LogP contribution in [0.3, 0.4) is 0 Å². The third-order valence-corrected chi connectivity index (χ3v) is 6.44. The number of unbranched alkanes of at least 4 members (excludes halogenated alkanes) is 4. The zero-order valence-electron chi connectivity index (χ0n) is 25.7. The number of aliphatic carboxylic acids is 1. The van der Waals surface area contributed by atoms with Crippen molar-refractivity contribution in [3.8, 4) is 11.5 Å². The molecule has 42 heavy (non-hydrogen) atoms. The standard InChI is InChI=1S/C30H47NO11/c1-7-10-12-16-37-26(34)40-23-15-14-22(18-24(23)41-27(35)38-17-13-11-8-2)20-30(31,25(32)33)19-21(4)39-28(36)42-29(5,6)9-3/h14-15,18,21H,7-13,16-17,19-20,31H2,1-6H3,(H,32,33)/t21-,30?/m0/s1. The monoisotopic (exact) mass is 597 g/mol. The first-order valence-corrected chi connectivity index (χ1v) is 14.5. The number of nitrogens with two attached hydrogens (primary N) is 1. The SMILES string of the molecule is CCCCCOC(=O)Oc1ccc(CC(N)(C[C@H](C)OC(=O)OC(C)(C)CC)C(=O)O)cc1OC(=O)OCCCCC. The molecule has 1 unspecified atom stereocenters. The summed E-state index contributed by atoms with van der Waals surface area (Å²) >= 11 is 0. The number of hydrogen-bond donors (Lipinski definition) is 2. The van der Waals surface area contributed by atoms with E-state index in [1.165, 1.54) is 25.1 Å². The lowest BCUT2D eigenvalue weighted by molar-refractivity contribution is -0.145. The van der Waals surface area contributed by atoms with Gasteiger partial charge in [0.1, 0.15) is 17.2 Å². The maximum atomic E-state index is 12.3. The lowest BCUT2D eigenvalue weighted by Crippen LogP contribution is -2.52. The van der Waals surface area contributed by atoms with Crippen LogP contribution < -0.4 is 15.2 Å². The molecule has 1 rings (SSSR count). The number of carbonyl (C=O) groups excluding carboxylic acids is 3. The van der Waals surface area contributed by atoms with Crippen molar-refractivity contribution in [2.75, 3.05) is 13.2 Å². The molecule has 12 nitrogen and oxygen atoms in total. The van der Waals surface area contributed by atoms with Gasteiger partial charge in [-0.25, -0.2) is 14.4 Å². The van der Waals surface area contributed by atoms with Crippen LogP contribution in [0.1, 0.15) is 98.5 Å². The average molecular weight is 598 g/mol. The van der Waals surface area contributed by atoms with Crippen LogP contribution >= 0.6 is 0 Å². The Morgan fingerprint density at radius 1 is 0.857 bits per heavy atom. The summed E-state index contributed by atoms with van der Waals surface area (Å²) < 4.78 is 31.2. The Morgan fingerprint density at radius 2 is 1.40 bits per heavy atom. The highest BCUT2D eigenvalue weighted by Crippen LogP contribution is 2.31. The quantitative estimate of drug-likeness (QED) is 0.0811. The van der Waals surface area contributed by atoms with Gasteiger partial charge in [0.15, 0.2) is 11.5 Å². The minimum atomic E-state index is -1.88. The number of hydrogen-bond acceptors (Lipinski definition) is 11. The minimum absolute atomic E-state index is 0.124. The summed E-state index contributed by atoms with van der Waals surface area (Å²) in [5.41, 5.74) is 4.00. The highest BCUT2D eigenvalue weighted by molar-refractivity contribution is 5.79. The molecule has 1 aromatic rings. The molecule has 3 N–H and O–H groups in total. The molecule has 0 saturated carbocycles. The first-order valence-electron chi connectivity index (χ1n) is 14.5. The Kier molecular flexibility index (Phi) is 15.7. The van der Waals surface area contributed by atoms with Crippen molar-refractivity contribution in [1.29, 1.82) is 0 Å². The largest absolute Gasteiger partial charge is 0.513 e. The van der Waals surface area contributed by atoms with E-state index in [2.05, 4.69) is 0 Å². The summed E-state index contributed by atoms with van der Waals surface area (Å²) in [5.74, 6) is -1.64. The maximum Gasteiger partial charge on any atom is 0.513 e. The van der Waals surface area contributed by atoms with Gasteiger partial charge in [-0.15, -0.1) is 0 Å². The lowest BCUT2D eigenvalue weighted by Gasteiger charge is -2.29. The van der Waals surface area contributed by atoms with Gasteiger partial charge in [0.05, 0.1) is 13.2 Å². The number of carboxylic acids is 1. The normalized spacial score (nSPS) is 13.3. The minimum Gasteiger partial charge on any atom is -0.480 e. The molecule has 0 bridgehead atoms. The zero-order chi connectivity index (χ0) is 31.8. The lowest BCUT2D eigenvalue weighted by atomic mass is 9.86. The maximum absolute atomic E-state index is 12.3. The van der Waals surface area contributed by atoms with Crippen LogP contribution in [-0.4, -0.2) is 60.0 Å². The summed E-state index contributed by atoms with van der Waals surface area (Å²) in [4.78, 5) is 49.0. The fourth-order valence-electron chi connectivity index (χ4n) is 3.72. The summed E-state index contributed by atoms with van der Waals surface area (Å²) in [6, 6.07) is 4.16. The van der Waals surface area contributed by atoms with Gasteiger partial charge >= 0.3 is 24.4 Å². The van der Waals surface area contributed by atoms with Crippen LogP contribution in [0.5, 0.6) is 11.5 Å². The van der Waals surface area contributed by atoms with Crippen molar-refractivity contribution in [2.45, 2.75) is 117 Å². The van der Waals surface area contributed by atoms with Gasteiger partial charge in [0, 0.05) is 12.8 Å². The second-order valence-electron chi connectivity index (χ2n) is 10.8. The Hall–Kier alpha value is -3.54. The Balaban J connectivity index is 3.10. The predicted octanol–water partition coefficient (Wildman–Crippen LogP) is 6.54. The summed E-state index contributed by atoms with van der Waals surface area (Å²) in [5, 5.41) is 9.96. The molecule has 12 heteroatoms. The molecule has 0 amide bonds. The topological polar surface area (TPSA) is 170 Å². The van der Waals surface area contributed by atoms with Crippen molar-refractivity contribution in [1.82, 2.24) is 0 Å². The van der Waals surface area contributed by atoms with E-state index in [9.17, 15) is 24.3 Å². The highest BCUT2D eigenvalue weighted by atomic mass is 16.7. The predicted molar refractivity (Wildman–Crippen MR) is 154 cm³/mol. The molecule has 0 aromatic heterocycles. The van der Waals surface area contributed by atoms with Crippen LogP contribution in [0.25, 0.3) is 0 Å². The van der Waals surface area contributed by atoms with E-state index in [4.69, 9.17) is 34.2 Å². The fourth-order valence-corrected chi connectivity index (χ4v) is 3.72. The van der Waals surface area contributed by atoms with E-state index >= 15 is 0 Å². The second-order valence-corrected chi connectivity index (χ2v) is 10.8. The molecule has 0 aliphatic heterocycles. The molecule has 0 spiro atoms. The highest BCUT2D eigenvalue weighted by Gasteiger charge is 2.38. The van der Waals surface area contributed by atoms with Gasteiger partial charge in [0.2, 0.25) is 0 Å². The van der Waals surface area contributed by atoms with Gasteiger partial charge in [-0.3, -0.25) is 4.79 Å². The molecular formula is C30H47NO11. The van der Waals surface area contributed by atoms with Crippen molar-refractivity contribution in [2.24, 2.45) is 5.73 Å². The van der Waals surface area contributed by atoms with Gasteiger partial charge in [-0.2, -0.15) is 0 Å². The molecule has 0 saturated heterocycles. The van der Waals surface area contributed by atoms with Gasteiger partial charge < -0.3 is 39.3 Å². The van der Waals surface area contributed by atoms with Crippen molar-refractivity contribution >= 4 is 24.4 Å². The van der Waals surface area contributed by atoms with Crippen LogP contribution in [-0.2, 0) is 30.2 Å². The van der Waals surface area contributed by atoms with E-state index in [0.717, 1.165) is 25.7 Å². The Bertz CT molecular complexity index is 1030. The zero-order valence-corrected chi connectivity index (χ0v) is 25.7. The van der Waals surface area contributed by atoms with E-state index in [1.807, 2.05) is 20.8 Å². The summed E-state index contributed by atoms with van der Waals surface area (Å²) in [6.07, 6.45) is 1.18. The van der Waals surface area contributed by atoms with Crippen molar-refractivity contribution < 1.29 is 52.7 Å². The van der Waals surface area contributed by atoms with E-state index in [-0.39, 0.29) is 37.6 Å². The smallest absolute Gasteiger partial charge is 0.480 e. The van der Waals surface area contributed by atoms with Crippen molar-refractivity contribution in [3.63, 3.8) is 0 Å². The van der Waals surface area contributed by atoms with Crippen LogP contribution in [0.2, 0.25) is 0 Å². The van der Waals surface area contributed by atoms with Gasteiger partial charge in [-0.05, 0) is 57.7 Å². The van der Waals surface area contributed by atoms with Gasteiger partial charge in [-0.1, -0.05) is 52.5 Å². The molecule has 0 fully saturated rings. The van der Waals surface area contributed by atoms with E-state index < -0.39 is 41.7 Å². The molecule has 2 atom stereocenters. The number of ether oxygens (including phenoxy) is 6. The molecule has 238 valence electrons. The number of carbonyl (C=O) groups is 4. The third kappa shape index (κ3) is 13.9. The van der Waals surface area contributed by atoms with Crippen molar-refractivity contribution in [3.05, 3.63) is 23.8 Å². The number of rotatable bonds is 18. The molecular weight excluding hydrogens is 550 g/mol. The van der Waals surface area contributed by atoms with E-state index in [1.54, 1.807) is 13.8 Å². The molecule has 0 aliphatic rings. The molecule has 1 aromatic carbocycles. The fraction of sp³-hybridized carbons (Fsp3) is 0.667. The second kappa shape index (κ2) is 18.1. The first-order chi connectivity index (χ1) is 19.7. The van der Waals surface area contributed by atoms with Crippen LogP contribution in [0.15, 0.2) is 18.2 Å². The molecule has 0 aliphatic carbocycles. The Labute approximate surface area is 248 Å². The van der Waals surface area contributed by atoms with Crippen LogP contribution in [0.4, 0.5) is 14.4 Å².